The summed E-state index contributed by atoms with van der Waals surface area (Å²) in [6.45, 7) is 2.78. The van der Waals surface area contributed by atoms with Gasteiger partial charge in [-0.15, -0.1) is 0 Å². The molecule has 2 aromatic heterocycles. The largest absolute Gasteiger partial charge is 0.487 e. The number of ether oxygens (including phenoxy) is 1. The van der Waals surface area contributed by atoms with Gasteiger partial charge in [0.1, 0.15) is 18.4 Å². The summed E-state index contributed by atoms with van der Waals surface area (Å²) >= 11 is 0. The summed E-state index contributed by atoms with van der Waals surface area (Å²) in [6, 6.07) is 10.9. The Kier molecular flexibility index (Phi) is 4.12. The van der Waals surface area contributed by atoms with Gasteiger partial charge in [-0.2, -0.15) is 5.10 Å². The van der Waals surface area contributed by atoms with Gasteiger partial charge in [0.15, 0.2) is 0 Å². The highest BCUT2D eigenvalue weighted by Gasteiger charge is 2.32. The lowest BCUT2D eigenvalue weighted by molar-refractivity contribution is -0.140. The van der Waals surface area contributed by atoms with Crippen LogP contribution in [0.4, 0.5) is 0 Å². The zero-order valence-corrected chi connectivity index (χ0v) is 14.3. The molecule has 7 nitrogen and oxygen atoms in total. The van der Waals surface area contributed by atoms with Crippen LogP contribution in [0.2, 0.25) is 0 Å². The molecule has 0 atom stereocenters. The normalized spacial score (nSPS) is 14.3. The number of aromatic nitrogens is 3. The van der Waals surface area contributed by atoms with Crippen LogP contribution in [0.1, 0.15) is 5.69 Å². The molecule has 26 heavy (non-hydrogen) atoms. The van der Waals surface area contributed by atoms with Crippen LogP contribution in [0.25, 0.3) is 10.8 Å². The summed E-state index contributed by atoms with van der Waals surface area (Å²) in [7, 11) is 0. The third-order valence-corrected chi connectivity index (χ3v) is 4.49. The Morgan fingerprint density at radius 1 is 1.15 bits per heavy atom. The van der Waals surface area contributed by atoms with Crippen molar-refractivity contribution >= 4 is 16.7 Å². The fourth-order valence-corrected chi connectivity index (χ4v) is 3.07. The van der Waals surface area contributed by atoms with E-state index in [4.69, 9.17) is 4.74 Å². The number of likely N-dealkylation sites (tertiary alicyclic amines) is 1. The summed E-state index contributed by atoms with van der Waals surface area (Å²) in [6.07, 6.45) is 3.29. The molecule has 1 amide bonds. The topological polar surface area (TPSA) is 77.3 Å². The lowest BCUT2D eigenvalue weighted by Crippen LogP contribution is -2.57. The Morgan fingerprint density at radius 2 is 1.85 bits per heavy atom. The van der Waals surface area contributed by atoms with E-state index in [-0.39, 0.29) is 24.1 Å². The van der Waals surface area contributed by atoms with Gasteiger partial charge in [-0.1, -0.05) is 18.2 Å². The molecule has 1 aliphatic heterocycles. The molecule has 0 saturated carbocycles. The quantitative estimate of drug-likeness (QED) is 0.711. The minimum atomic E-state index is -0.246. The summed E-state index contributed by atoms with van der Waals surface area (Å²) in [4.78, 5) is 30.6. The molecule has 0 N–H and O–H groups in total. The molecule has 1 saturated heterocycles. The van der Waals surface area contributed by atoms with Gasteiger partial charge in [-0.25, -0.2) is 4.68 Å². The van der Waals surface area contributed by atoms with E-state index in [0.717, 1.165) is 16.8 Å². The number of aryl methyl sites for hydroxylation is 1. The number of fused-ring (bicyclic) bond motifs is 1. The third kappa shape index (κ3) is 3.03. The molecule has 7 heteroatoms. The molecule has 0 radical (unpaired) electrons. The van der Waals surface area contributed by atoms with Gasteiger partial charge >= 0.3 is 0 Å². The SMILES string of the molecule is Cc1nn(CC(=O)N2CC(Oc3ccncc3)C2)c(=O)c2ccccc12. The molecule has 0 aliphatic carbocycles. The molecule has 132 valence electrons. The fraction of sp³-hybridized carbons (Fsp3) is 0.263. The van der Waals surface area contributed by atoms with Gasteiger partial charge in [-0.3, -0.25) is 14.6 Å². The average Bonchev–Trinajstić information content (AvgIpc) is 2.63. The van der Waals surface area contributed by atoms with Gasteiger partial charge in [0.05, 0.1) is 24.2 Å². The zero-order chi connectivity index (χ0) is 18.1. The summed E-state index contributed by atoms with van der Waals surface area (Å²) in [5, 5.41) is 5.68. The maximum absolute atomic E-state index is 12.5. The molecule has 1 aromatic carbocycles. The molecule has 0 bridgehead atoms. The van der Waals surface area contributed by atoms with Crippen molar-refractivity contribution in [3.8, 4) is 5.75 Å². The van der Waals surface area contributed by atoms with E-state index in [9.17, 15) is 9.59 Å². The van der Waals surface area contributed by atoms with E-state index in [1.165, 1.54) is 4.68 Å². The number of benzene rings is 1. The summed E-state index contributed by atoms with van der Waals surface area (Å²) in [5.74, 6) is 0.601. The number of hydrogen-bond acceptors (Lipinski definition) is 5. The van der Waals surface area contributed by atoms with Crippen molar-refractivity contribution in [1.82, 2.24) is 19.7 Å². The molecule has 0 spiro atoms. The van der Waals surface area contributed by atoms with E-state index >= 15 is 0 Å². The van der Waals surface area contributed by atoms with Crippen LogP contribution < -0.4 is 10.3 Å². The van der Waals surface area contributed by atoms with Crippen molar-refractivity contribution in [1.29, 1.82) is 0 Å². The fourth-order valence-electron chi connectivity index (χ4n) is 3.07. The highest BCUT2D eigenvalue weighted by molar-refractivity contribution is 5.83. The first kappa shape index (κ1) is 16.3. The highest BCUT2D eigenvalue weighted by Crippen LogP contribution is 2.17. The number of nitrogens with zero attached hydrogens (tertiary/aromatic N) is 4. The van der Waals surface area contributed by atoms with Crippen molar-refractivity contribution in [2.75, 3.05) is 13.1 Å². The van der Waals surface area contributed by atoms with Crippen molar-refractivity contribution in [3.63, 3.8) is 0 Å². The minimum absolute atomic E-state index is 0.0376. The molecule has 3 aromatic rings. The van der Waals surface area contributed by atoms with Gasteiger partial charge < -0.3 is 9.64 Å². The summed E-state index contributed by atoms with van der Waals surface area (Å²) < 4.78 is 7.01. The number of hydrogen-bond donors (Lipinski definition) is 0. The predicted molar refractivity (Wildman–Crippen MR) is 96.0 cm³/mol. The molecular weight excluding hydrogens is 332 g/mol. The monoisotopic (exact) mass is 350 g/mol. The van der Waals surface area contributed by atoms with Crippen LogP contribution in [0.15, 0.2) is 53.6 Å². The van der Waals surface area contributed by atoms with Crippen LogP contribution in [0.5, 0.6) is 5.75 Å². The average molecular weight is 350 g/mol. The van der Waals surface area contributed by atoms with Crippen LogP contribution in [0.3, 0.4) is 0 Å². The molecule has 0 unspecified atom stereocenters. The second kappa shape index (κ2) is 6.59. The maximum Gasteiger partial charge on any atom is 0.275 e. The van der Waals surface area contributed by atoms with E-state index in [1.807, 2.05) is 25.1 Å². The Hall–Kier alpha value is -3.22. The lowest BCUT2D eigenvalue weighted by atomic mass is 10.1. The van der Waals surface area contributed by atoms with Gasteiger partial charge in [0.25, 0.3) is 5.56 Å². The minimum Gasteiger partial charge on any atom is -0.487 e. The van der Waals surface area contributed by atoms with E-state index < -0.39 is 0 Å². The second-order valence-corrected chi connectivity index (χ2v) is 6.32. The number of rotatable bonds is 4. The number of pyridine rings is 1. The number of amides is 1. The number of carbonyl (C=O) groups excluding carboxylic acids is 1. The van der Waals surface area contributed by atoms with Gasteiger partial charge in [-0.05, 0) is 25.1 Å². The first-order valence-electron chi connectivity index (χ1n) is 8.43. The van der Waals surface area contributed by atoms with Crippen LogP contribution in [0, 0.1) is 6.92 Å². The first-order valence-corrected chi connectivity index (χ1v) is 8.43. The van der Waals surface area contributed by atoms with E-state index in [0.29, 0.717) is 18.5 Å². The molecule has 1 fully saturated rings. The lowest BCUT2D eigenvalue weighted by Gasteiger charge is -2.38. The van der Waals surface area contributed by atoms with Gasteiger partial charge in [0, 0.05) is 17.8 Å². The van der Waals surface area contributed by atoms with Crippen molar-refractivity contribution in [2.24, 2.45) is 0 Å². The van der Waals surface area contributed by atoms with Gasteiger partial charge in [0.2, 0.25) is 5.91 Å². The highest BCUT2D eigenvalue weighted by atomic mass is 16.5. The second-order valence-electron chi connectivity index (χ2n) is 6.32. The van der Waals surface area contributed by atoms with E-state index in [1.54, 1.807) is 35.5 Å². The standard InChI is InChI=1S/C19H18N4O3/c1-13-16-4-2-3-5-17(16)19(25)23(21-13)12-18(24)22-10-15(11-22)26-14-6-8-20-9-7-14/h2-9,15H,10-12H2,1H3. The van der Waals surface area contributed by atoms with Crippen molar-refractivity contribution in [3.05, 3.63) is 64.8 Å². The zero-order valence-electron chi connectivity index (χ0n) is 14.3. The first-order chi connectivity index (χ1) is 12.6. The molecular formula is C19H18N4O3. The van der Waals surface area contributed by atoms with Crippen LogP contribution in [-0.4, -0.2) is 44.8 Å². The molecule has 4 rings (SSSR count). The van der Waals surface area contributed by atoms with Crippen LogP contribution >= 0.6 is 0 Å². The Bertz CT molecular complexity index is 1010. The smallest absolute Gasteiger partial charge is 0.275 e. The van der Waals surface area contributed by atoms with Crippen molar-refractivity contribution in [2.45, 2.75) is 19.6 Å². The third-order valence-electron chi connectivity index (χ3n) is 4.49. The maximum atomic E-state index is 12.5. The van der Waals surface area contributed by atoms with Crippen molar-refractivity contribution < 1.29 is 9.53 Å². The summed E-state index contributed by atoms with van der Waals surface area (Å²) in [5.41, 5.74) is 0.486. The van der Waals surface area contributed by atoms with E-state index in [2.05, 4.69) is 10.1 Å². The van der Waals surface area contributed by atoms with Crippen LogP contribution in [-0.2, 0) is 11.3 Å². The Morgan fingerprint density at radius 3 is 2.58 bits per heavy atom. The Balaban J connectivity index is 1.43. The molecule has 3 heterocycles. The number of carbonyl (C=O) groups is 1. The molecule has 1 aliphatic rings. The predicted octanol–water partition coefficient (Wildman–Crippen LogP) is 1.39. The Labute approximate surface area is 149 Å².